The second kappa shape index (κ2) is 8.73. The average Bonchev–Trinajstić information content (AvgIpc) is 3.40. The summed E-state index contributed by atoms with van der Waals surface area (Å²) in [5.41, 5.74) is 1.22. The maximum Gasteiger partial charge on any atom is 0.415 e. The van der Waals surface area contributed by atoms with Crippen LogP contribution in [0.2, 0.25) is 0 Å². The maximum absolute atomic E-state index is 12.9. The van der Waals surface area contributed by atoms with Crippen LogP contribution in [0.15, 0.2) is 22.6 Å². The minimum atomic E-state index is -0.589. The molecule has 1 aromatic heterocycles. The molecule has 1 saturated heterocycles. The lowest BCUT2D eigenvalue weighted by molar-refractivity contribution is -0.133. The average molecular weight is 484 g/mol. The quantitative estimate of drug-likeness (QED) is 0.693. The molecule has 10 nitrogen and oxygen atoms in total. The second-order valence-electron chi connectivity index (χ2n) is 10.8. The number of benzene rings is 1. The normalized spacial score (nSPS) is 19.5. The SMILES string of the molecule is C[C@@H](Nc1nnc(-c2ccc3c(c2)OCCN3C(=O)OC(C)(C)C)o1)C(=O)N1CCC2(CC1)CC2. The van der Waals surface area contributed by atoms with Crippen molar-refractivity contribution in [3.8, 4) is 17.2 Å². The Morgan fingerprint density at radius 1 is 1.11 bits per heavy atom. The largest absolute Gasteiger partial charge is 0.490 e. The van der Waals surface area contributed by atoms with Crippen molar-refractivity contribution < 1.29 is 23.5 Å². The van der Waals surface area contributed by atoms with Crippen molar-refractivity contribution in [2.24, 2.45) is 5.41 Å². The van der Waals surface area contributed by atoms with Crippen molar-refractivity contribution in [3.63, 3.8) is 0 Å². The van der Waals surface area contributed by atoms with Gasteiger partial charge in [0.1, 0.15) is 24.0 Å². The van der Waals surface area contributed by atoms with Crippen LogP contribution in [0.1, 0.15) is 53.4 Å². The first-order valence-electron chi connectivity index (χ1n) is 12.3. The van der Waals surface area contributed by atoms with E-state index < -0.39 is 17.7 Å². The summed E-state index contributed by atoms with van der Waals surface area (Å²) >= 11 is 0. The third-order valence-electron chi connectivity index (χ3n) is 6.91. The van der Waals surface area contributed by atoms with Gasteiger partial charge in [0, 0.05) is 18.7 Å². The van der Waals surface area contributed by atoms with Crippen molar-refractivity contribution in [3.05, 3.63) is 18.2 Å². The first-order valence-corrected chi connectivity index (χ1v) is 12.3. The number of hydrogen-bond acceptors (Lipinski definition) is 8. The lowest BCUT2D eigenvalue weighted by Crippen LogP contribution is -2.45. The summed E-state index contributed by atoms with van der Waals surface area (Å²) in [4.78, 5) is 29.0. The van der Waals surface area contributed by atoms with E-state index in [1.54, 1.807) is 23.1 Å². The fraction of sp³-hybridized carbons (Fsp3) is 0.600. The summed E-state index contributed by atoms with van der Waals surface area (Å²) in [5.74, 6) is 0.876. The van der Waals surface area contributed by atoms with Gasteiger partial charge in [-0.05, 0) is 77.0 Å². The van der Waals surface area contributed by atoms with Crippen LogP contribution < -0.4 is 15.0 Å². The molecule has 2 aliphatic heterocycles. The monoisotopic (exact) mass is 483 g/mol. The highest BCUT2D eigenvalue weighted by atomic mass is 16.6. The standard InChI is InChI=1S/C25H33N5O5/c1-16(21(31)29-11-9-25(7-8-25)10-12-29)26-22-28-27-20(34-22)17-5-6-18-19(15-17)33-14-13-30(18)23(32)35-24(2,3)4/h5-6,15-16H,7-14H2,1-4H3,(H,26,28)/t16-/m1/s1. The van der Waals surface area contributed by atoms with Crippen molar-refractivity contribution in [2.75, 3.05) is 36.5 Å². The number of hydrogen-bond donors (Lipinski definition) is 1. The van der Waals surface area contributed by atoms with E-state index in [4.69, 9.17) is 13.9 Å². The minimum absolute atomic E-state index is 0.0460. The molecule has 2 amide bonds. The molecular formula is C25H33N5O5. The van der Waals surface area contributed by atoms with E-state index in [1.807, 2.05) is 32.6 Å². The molecule has 2 fully saturated rings. The molecule has 0 radical (unpaired) electrons. The van der Waals surface area contributed by atoms with Gasteiger partial charge >= 0.3 is 12.1 Å². The smallest absolute Gasteiger partial charge is 0.415 e. The highest BCUT2D eigenvalue weighted by molar-refractivity contribution is 5.91. The number of piperidine rings is 1. The molecule has 10 heteroatoms. The van der Waals surface area contributed by atoms with Gasteiger partial charge in [0.05, 0.1) is 12.2 Å². The predicted molar refractivity (Wildman–Crippen MR) is 129 cm³/mol. The van der Waals surface area contributed by atoms with E-state index in [0.717, 1.165) is 25.9 Å². The molecule has 2 aromatic rings. The third kappa shape index (κ3) is 5.06. The molecule has 0 bridgehead atoms. The molecule has 35 heavy (non-hydrogen) atoms. The van der Waals surface area contributed by atoms with Crippen LogP contribution in [0.3, 0.4) is 0 Å². The summed E-state index contributed by atoms with van der Waals surface area (Å²) in [6.07, 6.45) is 4.39. The number of nitrogens with zero attached hydrogens (tertiary/aromatic N) is 4. The van der Waals surface area contributed by atoms with E-state index in [9.17, 15) is 9.59 Å². The summed E-state index contributed by atoms with van der Waals surface area (Å²) in [5, 5.41) is 11.2. The van der Waals surface area contributed by atoms with Crippen LogP contribution in [0.4, 0.5) is 16.5 Å². The van der Waals surface area contributed by atoms with Crippen LogP contribution >= 0.6 is 0 Å². The number of carbonyl (C=O) groups excluding carboxylic acids is 2. The second-order valence-corrected chi connectivity index (χ2v) is 10.8. The van der Waals surface area contributed by atoms with E-state index in [0.29, 0.717) is 41.5 Å². The fourth-order valence-electron chi connectivity index (χ4n) is 4.66. The number of rotatable bonds is 4. The molecule has 3 heterocycles. The summed E-state index contributed by atoms with van der Waals surface area (Å²) in [6.45, 7) is 9.70. The van der Waals surface area contributed by atoms with E-state index >= 15 is 0 Å². The number of amides is 2. The number of nitrogens with one attached hydrogen (secondary N) is 1. The Morgan fingerprint density at radius 2 is 1.86 bits per heavy atom. The van der Waals surface area contributed by atoms with Crippen molar-refractivity contribution >= 4 is 23.7 Å². The molecule has 0 unspecified atom stereocenters. The van der Waals surface area contributed by atoms with Gasteiger partial charge in [-0.3, -0.25) is 9.69 Å². The topological polar surface area (TPSA) is 110 Å². The van der Waals surface area contributed by atoms with Crippen LogP contribution in [0.25, 0.3) is 11.5 Å². The van der Waals surface area contributed by atoms with Crippen LogP contribution in [-0.4, -0.2) is 65.0 Å². The van der Waals surface area contributed by atoms with Gasteiger partial charge in [0.25, 0.3) is 0 Å². The predicted octanol–water partition coefficient (Wildman–Crippen LogP) is 4.07. The number of fused-ring (bicyclic) bond motifs is 1. The molecule has 1 N–H and O–H groups in total. The van der Waals surface area contributed by atoms with Gasteiger partial charge in [-0.1, -0.05) is 5.10 Å². The zero-order valence-electron chi connectivity index (χ0n) is 20.8. The Kier molecular flexibility index (Phi) is 5.85. The Bertz CT molecular complexity index is 1110. The maximum atomic E-state index is 12.9. The highest BCUT2D eigenvalue weighted by Gasteiger charge is 2.45. The van der Waals surface area contributed by atoms with Gasteiger partial charge in [-0.2, -0.15) is 0 Å². The van der Waals surface area contributed by atoms with Gasteiger partial charge in [0.15, 0.2) is 0 Å². The molecule has 5 rings (SSSR count). The van der Waals surface area contributed by atoms with Crippen LogP contribution in [-0.2, 0) is 9.53 Å². The number of aromatic nitrogens is 2. The zero-order chi connectivity index (χ0) is 24.8. The van der Waals surface area contributed by atoms with E-state index in [2.05, 4.69) is 15.5 Å². The summed E-state index contributed by atoms with van der Waals surface area (Å²) < 4.78 is 17.1. The van der Waals surface area contributed by atoms with Crippen LogP contribution in [0.5, 0.6) is 5.75 Å². The zero-order valence-corrected chi connectivity index (χ0v) is 20.8. The Hall–Kier alpha value is -3.30. The lowest BCUT2D eigenvalue weighted by atomic mass is 9.93. The summed E-state index contributed by atoms with van der Waals surface area (Å²) in [6, 6.07) is 5.05. The van der Waals surface area contributed by atoms with Crippen LogP contribution in [0, 0.1) is 5.41 Å². The highest BCUT2D eigenvalue weighted by Crippen LogP contribution is 2.53. The first kappa shape index (κ1) is 23.4. The molecular weight excluding hydrogens is 450 g/mol. The van der Waals surface area contributed by atoms with Gasteiger partial charge in [-0.25, -0.2) is 4.79 Å². The molecule has 1 aromatic carbocycles. The molecule has 3 aliphatic rings. The number of anilines is 2. The summed E-state index contributed by atoms with van der Waals surface area (Å²) in [7, 11) is 0. The Balaban J connectivity index is 1.24. The number of likely N-dealkylation sites (tertiary alicyclic amines) is 1. The van der Waals surface area contributed by atoms with E-state index in [1.165, 1.54) is 12.8 Å². The van der Waals surface area contributed by atoms with Crippen molar-refractivity contribution in [1.29, 1.82) is 0 Å². The molecule has 1 aliphatic carbocycles. The van der Waals surface area contributed by atoms with Crippen molar-refractivity contribution in [2.45, 2.75) is 65.0 Å². The molecule has 188 valence electrons. The van der Waals surface area contributed by atoms with Gasteiger partial charge in [0.2, 0.25) is 11.8 Å². The Labute approximate surface area is 204 Å². The Morgan fingerprint density at radius 3 is 2.54 bits per heavy atom. The molecule has 1 spiro atoms. The van der Waals surface area contributed by atoms with Crippen molar-refractivity contribution in [1.82, 2.24) is 15.1 Å². The third-order valence-corrected chi connectivity index (χ3v) is 6.91. The lowest BCUT2D eigenvalue weighted by Gasteiger charge is -2.33. The van der Waals surface area contributed by atoms with Gasteiger partial charge < -0.3 is 24.1 Å². The van der Waals surface area contributed by atoms with Gasteiger partial charge in [-0.15, -0.1) is 5.10 Å². The molecule has 1 atom stereocenters. The fourth-order valence-corrected chi connectivity index (χ4v) is 4.66. The molecule has 1 saturated carbocycles. The number of ether oxygens (including phenoxy) is 2. The number of carbonyl (C=O) groups is 2. The first-order chi connectivity index (χ1) is 16.6. The minimum Gasteiger partial charge on any atom is -0.490 e. The van der Waals surface area contributed by atoms with E-state index in [-0.39, 0.29) is 11.9 Å².